The van der Waals surface area contributed by atoms with Gasteiger partial charge in [0.2, 0.25) is 5.91 Å². The molecule has 0 radical (unpaired) electrons. The monoisotopic (exact) mass is 443 g/mol. The van der Waals surface area contributed by atoms with Crippen LogP contribution in [0.5, 0.6) is 0 Å². The Morgan fingerprint density at radius 3 is 2.63 bits per heavy atom. The normalized spacial score (nSPS) is 11.1. The number of rotatable bonds is 7. The number of fused-ring (bicyclic) bond motifs is 1. The number of halogens is 1. The molecule has 1 aromatic heterocycles. The summed E-state index contributed by atoms with van der Waals surface area (Å²) < 4.78 is 1.59. The van der Waals surface area contributed by atoms with Crippen molar-refractivity contribution < 1.29 is 9.59 Å². The van der Waals surface area contributed by atoms with Crippen LogP contribution >= 0.6 is 23.4 Å². The molecule has 6 nitrogen and oxygen atoms in total. The van der Waals surface area contributed by atoms with Crippen LogP contribution in [0.1, 0.15) is 31.1 Å². The molecule has 0 spiro atoms. The van der Waals surface area contributed by atoms with Gasteiger partial charge >= 0.3 is 0 Å². The molecule has 0 saturated heterocycles. The van der Waals surface area contributed by atoms with Gasteiger partial charge in [0.25, 0.3) is 5.56 Å². The molecular weight excluding hydrogens is 422 g/mol. The van der Waals surface area contributed by atoms with E-state index < -0.39 is 0 Å². The molecule has 3 rings (SSSR count). The number of hydrogen-bond acceptors (Lipinski definition) is 5. The van der Waals surface area contributed by atoms with Gasteiger partial charge in [-0.05, 0) is 43.2 Å². The van der Waals surface area contributed by atoms with Gasteiger partial charge in [-0.1, -0.05) is 49.3 Å². The number of para-hydroxylation sites is 1. The molecule has 0 fully saturated rings. The van der Waals surface area contributed by atoms with E-state index in [4.69, 9.17) is 11.6 Å². The lowest BCUT2D eigenvalue weighted by molar-refractivity contribution is -0.113. The predicted octanol–water partition coefficient (Wildman–Crippen LogP) is 4.64. The van der Waals surface area contributed by atoms with Gasteiger partial charge in [0, 0.05) is 17.1 Å². The summed E-state index contributed by atoms with van der Waals surface area (Å²) >= 11 is 7.23. The minimum Gasteiger partial charge on any atom is -0.325 e. The molecule has 2 aromatic carbocycles. The van der Waals surface area contributed by atoms with Crippen molar-refractivity contribution in [2.24, 2.45) is 5.92 Å². The number of thioether (sulfide) groups is 1. The van der Waals surface area contributed by atoms with Crippen molar-refractivity contribution in [1.29, 1.82) is 0 Å². The van der Waals surface area contributed by atoms with Gasteiger partial charge in [-0.25, -0.2) is 4.98 Å². The highest BCUT2D eigenvalue weighted by Crippen LogP contribution is 2.22. The van der Waals surface area contributed by atoms with Crippen LogP contribution in [-0.2, 0) is 11.3 Å². The molecule has 0 bridgehead atoms. The van der Waals surface area contributed by atoms with Crippen molar-refractivity contribution in [3.05, 3.63) is 63.4 Å². The van der Waals surface area contributed by atoms with Crippen LogP contribution in [0.25, 0.3) is 10.9 Å². The Balaban J connectivity index is 1.86. The van der Waals surface area contributed by atoms with E-state index in [1.807, 2.05) is 13.8 Å². The van der Waals surface area contributed by atoms with Crippen molar-refractivity contribution in [1.82, 2.24) is 9.55 Å². The van der Waals surface area contributed by atoms with E-state index in [0.717, 1.165) is 0 Å². The summed E-state index contributed by atoms with van der Waals surface area (Å²) in [6.07, 6.45) is 0. The van der Waals surface area contributed by atoms with E-state index in [9.17, 15) is 14.4 Å². The molecule has 30 heavy (non-hydrogen) atoms. The fourth-order valence-corrected chi connectivity index (χ4v) is 4.01. The SMILES string of the molecule is CC(=O)c1ccccc1NC(=O)CSc1nc2ccc(Cl)cc2c(=O)n1CC(C)C. The van der Waals surface area contributed by atoms with Crippen molar-refractivity contribution >= 4 is 51.6 Å². The molecule has 0 aliphatic heterocycles. The lowest BCUT2D eigenvalue weighted by Gasteiger charge is -2.15. The zero-order valence-electron chi connectivity index (χ0n) is 16.9. The average Bonchev–Trinajstić information content (AvgIpc) is 2.69. The fourth-order valence-electron chi connectivity index (χ4n) is 3.02. The Kier molecular flexibility index (Phi) is 6.95. The summed E-state index contributed by atoms with van der Waals surface area (Å²) in [4.78, 5) is 41.9. The summed E-state index contributed by atoms with van der Waals surface area (Å²) in [6, 6.07) is 11.9. The van der Waals surface area contributed by atoms with E-state index in [1.165, 1.54) is 18.7 Å². The van der Waals surface area contributed by atoms with Crippen molar-refractivity contribution in [3.63, 3.8) is 0 Å². The van der Waals surface area contributed by atoms with Crippen LogP contribution in [-0.4, -0.2) is 27.0 Å². The van der Waals surface area contributed by atoms with Crippen LogP contribution in [0.3, 0.4) is 0 Å². The highest BCUT2D eigenvalue weighted by molar-refractivity contribution is 7.99. The van der Waals surface area contributed by atoms with Gasteiger partial charge in [0.1, 0.15) is 0 Å². The van der Waals surface area contributed by atoms with Crippen molar-refractivity contribution in [2.75, 3.05) is 11.1 Å². The summed E-state index contributed by atoms with van der Waals surface area (Å²) in [5.74, 6) is -0.137. The minimum atomic E-state index is -0.282. The van der Waals surface area contributed by atoms with Crippen LogP contribution in [0.4, 0.5) is 5.69 Å². The highest BCUT2D eigenvalue weighted by Gasteiger charge is 2.16. The number of aromatic nitrogens is 2. The molecule has 1 N–H and O–H groups in total. The molecule has 1 amide bonds. The largest absolute Gasteiger partial charge is 0.325 e. The maximum Gasteiger partial charge on any atom is 0.262 e. The van der Waals surface area contributed by atoms with Gasteiger partial charge in [-0.15, -0.1) is 0 Å². The number of Topliss-reactive ketones (excluding diaryl/α,β-unsaturated/α-hetero) is 1. The smallest absolute Gasteiger partial charge is 0.262 e. The lowest BCUT2D eigenvalue weighted by Crippen LogP contribution is -2.26. The first-order chi connectivity index (χ1) is 14.3. The predicted molar refractivity (Wildman–Crippen MR) is 122 cm³/mol. The van der Waals surface area contributed by atoms with E-state index >= 15 is 0 Å². The Hall–Kier alpha value is -2.64. The first-order valence-electron chi connectivity index (χ1n) is 9.49. The summed E-state index contributed by atoms with van der Waals surface area (Å²) in [5.41, 5.74) is 1.28. The molecule has 1 heterocycles. The van der Waals surface area contributed by atoms with E-state index in [0.29, 0.717) is 38.9 Å². The second kappa shape index (κ2) is 9.45. The van der Waals surface area contributed by atoms with Crippen molar-refractivity contribution in [2.45, 2.75) is 32.5 Å². The fraction of sp³-hybridized carbons (Fsp3) is 0.273. The van der Waals surface area contributed by atoms with Gasteiger partial charge in [0.15, 0.2) is 10.9 Å². The van der Waals surface area contributed by atoms with Crippen LogP contribution < -0.4 is 10.9 Å². The zero-order chi connectivity index (χ0) is 21.8. The first kappa shape index (κ1) is 22.1. The number of carbonyl (C=O) groups excluding carboxylic acids is 2. The number of carbonyl (C=O) groups is 2. The standard InChI is InChI=1S/C22H22ClN3O3S/c1-13(2)11-26-21(29)17-10-15(23)8-9-19(17)25-22(26)30-12-20(28)24-18-7-5-4-6-16(18)14(3)27/h4-10,13H,11-12H2,1-3H3,(H,24,28). The Morgan fingerprint density at radius 2 is 1.93 bits per heavy atom. The number of ketones is 1. The van der Waals surface area contributed by atoms with Crippen molar-refractivity contribution in [3.8, 4) is 0 Å². The summed E-state index contributed by atoms with van der Waals surface area (Å²) in [7, 11) is 0. The Morgan fingerprint density at radius 1 is 1.20 bits per heavy atom. The van der Waals surface area contributed by atoms with Crippen LogP contribution in [0.2, 0.25) is 5.02 Å². The van der Waals surface area contributed by atoms with Gasteiger partial charge in [0.05, 0.1) is 22.3 Å². The third kappa shape index (κ3) is 5.09. The highest BCUT2D eigenvalue weighted by atomic mass is 35.5. The van der Waals surface area contributed by atoms with Crippen LogP contribution in [0, 0.1) is 5.92 Å². The number of hydrogen-bond donors (Lipinski definition) is 1. The second-order valence-corrected chi connectivity index (χ2v) is 8.68. The Labute approximate surface area is 183 Å². The van der Waals surface area contributed by atoms with E-state index in [-0.39, 0.29) is 28.9 Å². The molecule has 156 valence electrons. The molecule has 0 atom stereocenters. The summed E-state index contributed by atoms with van der Waals surface area (Å²) in [6.45, 7) is 5.95. The number of benzene rings is 2. The maximum absolute atomic E-state index is 13.0. The van der Waals surface area contributed by atoms with Gasteiger partial charge < -0.3 is 5.32 Å². The molecule has 0 saturated carbocycles. The number of amides is 1. The molecule has 0 unspecified atom stereocenters. The second-order valence-electron chi connectivity index (χ2n) is 7.30. The quantitative estimate of drug-likeness (QED) is 0.327. The summed E-state index contributed by atoms with van der Waals surface area (Å²) in [5, 5.41) is 4.16. The average molecular weight is 444 g/mol. The maximum atomic E-state index is 13.0. The minimum absolute atomic E-state index is 0.0515. The Bertz CT molecular complexity index is 1170. The number of anilines is 1. The van der Waals surface area contributed by atoms with Crippen LogP contribution in [0.15, 0.2) is 52.4 Å². The molecular formula is C22H22ClN3O3S. The van der Waals surface area contributed by atoms with Gasteiger partial charge in [-0.2, -0.15) is 0 Å². The molecule has 0 aliphatic carbocycles. The molecule has 8 heteroatoms. The van der Waals surface area contributed by atoms with Gasteiger partial charge in [-0.3, -0.25) is 19.0 Å². The topological polar surface area (TPSA) is 81.1 Å². The lowest BCUT2D eigenvalue weighted by atomic mass is 10.1. The third-order valence-corrected chi connectivity index (χ3v) is 5.55. The number of nitrogens with zero attached hydrogens (tertiary/aromatic N) is 2. The zero-order valence-corrected chi connectivity index (χ0v) is 18.5. The van der Waals surface area contributed by atoms with E-state index in [1.54, 1.807) is 47.0 Å². The molecule has 3 aromatic rings. The van der Waals surface area contributed by atoms with E-state index in [2.05, 4.69) is 10.3 Å². The number of nitrogens with one attached hydrogen (secondary N) is 1. The molecule has 0 aliphatic rings. The first-order valence-corrected chi connectivity index (χ1v) is 10.9. The third-order valence-electron chi connectivity index (χ3n) is 4.34.